The molecule has 0 saturated heterocycles. The number of hydrogen-bond donors (Lipinski definition) is 1. The first-order chi connectivity index (χ1) is 31.1. The Morgan fingerprint density at radius 1 is 0.635 bits per heavy atom. The lowest BCUT2D eigenvalue weighted by atomic mass is 9.93. The van der Waals surface area contributed by atoms with Gasteiger partial charge in [-0.15, -0.1) is 0 Å². The van der Waals surface area contributed by atoms with E-state index in [1.165, 1.54) is 38.3 Å². The van der Waals surface area contributed by atoms with Gasteiger partial charge in [0.05, 0.1) is 16.7 Å². The second-order valence-corrected chi connectivity index (χ2v) is 16.5. The summed E-state index contributed by atoms with van der Waals surface area (Å²) in [6.45, 7) is 4.28. The van der Waals surface area contributed by atoms with Gasteiger partial charge in [0.25, 0.3) is 0 Å². The molecule has 1 N–H and O–H groups in total. The molecule has 0 fully saturated rings. The maximum atomic E-state index is 5.25. The van der Waals surface area contributed by atoms with Crippen LogP contribution in [0.5, 0.6) is 0 Å². The fourth-order valence-corrected chi connectivity index (χ4v) is 9.25. The summed E-state index contributed by atoms with van der Waals surface area (Å²) in [5.74, 6) is 1.54. The van der Waals surface area contributed by atoms with Crippen molar-refractivity contribution >= 4 is 45.4 Å². The zero-order valence-corrected chi connectivity index (χ0v) is 35.4. The van der Waals surface area contributed by atoms with E-state index in [1.807, 2.05) is 6.07 Å². The van der Waals surface area contributed by atoms with E-state index in [2.05, 4.69) is 201 Å². The van der Waals surface area contributed by atoms with Crippen LogP contribution in [0.2, 0.25) is 0 Å². The normalized spacial score (nSPS) is 16.6. The van der Waals surface area contributed by atoms with Crippen molar-refractivity contribution in [2.75, 3.05) is 0 Å². The second-order valence-electron chi connectivity index (χ2n) is 16.5. The molecule has 3 heterocycles. The third-order valence-corrected chi connectivity index (χ3v) is 12.5. The van der Waals surface area contributed by atoms with Gasteiger partial charge < -0.3 is 5.32 Å². The maximum absolute atomic E-state index is 5.25. The van der Waals surface area contributed by atoms with E-state index in [9.17, 15) is 0 Å². The number of aromatic nitrogens is 1. The zero-order chi connectivity index (χ0) is 42.3. The molecule has 4 aliphatic rings. The predicted molar refractivity (Wildman–Crippen MR) is 262 cm³/mol. The van der Waals surface area contributed by atoms with Crippen LogP contribution in [0.25, 0.3) is 67.2 Å². The van der Waals surface area contributed by atoms with Gasteiger partial charge in [-0.05, 0) is 113 Å². The van der Waals surface area contributed by atoms with E-state index in [1.54, 1.807) is 0 Å². The van der Waals surface area contributed by atoms with E-state index in [4.69, 9.17) is 20.0 Å². The molecular formula is C58H45N5. The lowest BCUT2D eigenvalue weighted by Gasteiger charge is -2.25. The van der Waals surface area contributed by atoms with Crippen LogP contribution < -0.4 is 15.9 Å². The zero-order valence-electron chi connectivity index (χ0n) is 35.4. The molecule has 1 unspecified atom stereocenters. The molecule has 2 aliphatic carbocycles. The number of hydrogen-bond acceptors (Lipinski definition) is 5. The Morgan fingerprint density at radius 2 is 1.37 bits per heavy atom. The fraction of sp³-hybridized carbons (Fsp3) is 0.103. The van der Waals surface area contributed by atoms with Crippen LogP contribution in [-0.4, -0.2) is 16.7 Å². The van der Waals surface area contributed by atoms with Gasteiger partial charge in [-0.1, -0.05) is 158 Å². The van der Waals surface area contributed by atoms with Gasteiger partial charge in [0.2, 0.25) is 0 Å². The molecule has 0 radical (unpaired) electrons. The molecular weight excluding hydrogens is 767 g/mol. The lowest BCUT2D eigenvalue weighted by molar-refractivity contribution is 0.674. The predicted octanol–water partition coefficient (Wildman–Crippen LogP) is 12.6. The summed E-state index contributed by atoms with van der Waals surface area (Å²) in [4.78, 5) is 20.5. The van der Waals surface area contributed by atoms with Gasteiger partial charge in [0.15, 0.2) is 5.84 Å². The molecule has 7 aromatic rings. The van der Waals surface area contributed by atoms with Crippen LogP contribution in [0.15, 0.2) is 203 Å². The highest BCUT2D eigenvalue weighted by Crippen LogP contribution is 2.44. The lowest BCUT2D eigenvalue weighted by Crippen LogP contribution is -2.33. The number of benzene rings is 6. The van der Waals surface area contributed by atoms with Gasteiger partial charge >= 0.3 is 0 Å². The minimum atomic E-state index is -0.284. The standard InChI is InChI=1S/C58H45N5/c1-3-14-48-37(2)51-36-59-55(50-22-13-21-49(48)54(50)51)42-31-27-39(28-32-42)46-33-45(38-25-29-41(30-26-38)53-24-12-20-40-15-10-11-23-52(40)60-53)34-47(35-46)58-62-56(43-16-6-4-7-17-43)61-57(63-58)44-18-8-5-9-19-44/h3-4,6-8,10-11,13-36,56H,5,9,12H2,1-2H3,(H,61,62,63)/b14-3-. The highest BCUT2D eigenvalue weighted by molar-refractivity contribution is 6.18. The molecule has 0 saturated carbocycles. The first kappa shape index (κ1) is 38.2. The number of allylic oxidation sites excluding steroid dienone is 7. The van der Waals surface area contributed by atoms with Crippen molar-refractivity contribution in [3.05, 3.63) is 226 Å². The maximum Gasteiger partial charge on any atom is 0.159 e. The molecule has 0 spiro atoms. The summed E-state index contributed by atoms with van der Waals surface area (Å²) >= 11 is 0. The van der Waals surface area contributed by atoms with Crippen LogP contribution in [0.4, 0.5) is 0 Å². The van der Waals surface area contributed by atoms with Crippen LogP contribution in [-0.2, 0) is 0 Å². The molecule has 11 rings (SSSR count). The van der Waals surface area contributed by atoms with Crippen molar-refractivity contribution < 1.29 is 0 Å². The highest BCUT2D eigenvalue weighted by Gasteiger charge is 2.24. The SMILES string of the molecule is C/C=C\C1=C(C)c2cnc(-c3ccc(-c4cc(C5=NC(C6=CCCC=C6)=NC(c6ccccc6)N5)cc(-c5ccc(C6=CCC=c7ccccc7=N6)cc5)c4)cc3)c3cccc1c23. The third-order valence-electron chi connectivity index (χ3n) is 12.5. The quantitative estimate of drug-likeness (QED) is 0.166. The van der Waals surface area contributed by atoms with Crippen LogP contribution in [0, 0.1) is 0 Å². The Labute approximate surface area is 368 Å². The summed E-state index contributed by atoms with van der Waals surface area (Å²) in [7, 11) is 0. The molecule has 1 atom stereocenters. The first-order valence-corrected chi connectivity index (χ1v) is 21.9. The third kappa shape index (κ3) is 7.21. The van der Waals surface area contributed by atoms with Gasteiger partial charge in [-0.25, -0.2) is 15.0 Å². The summed E-state index contributed by atoms with van der Waals surface area (Å²) in [5, 5.41) is 8.35. The molecule has 5 nitrogen and oxygen atoms in total. The van der Waals surface area contributed by atoms with Crippen LogP contribution in [0.1, 0.15) is 67.1 Å². The largest absolute Gasteiger partial charge is 0.344 e. The minimum Gasteiger partial charge on any atom is -0.344 e. The minimum absolute atomic E-state index is 0.284. The molecule has 6 aromatic carbocycles. The summed E-state index contributed by atoms with van der Waals surface area (Å²) in [6, 6.07) is 49.9. The van der Waals surface area contributed by atoms with E-state index in [0.29, 0.717) is 0 Å². The summed E-state index contributed by atoms with van der Waals surface area (Å²) < 4.78 is 0. The molecule has 0 amide bonds. The van der Waals surface area contributed by atoms with E-state index in [0.717, 1.165) is 97.8 Å². The number of nitrogens with zero attached hydrogens (tertiary/aromatic N) is 4. The van der Waals surface area contributed by atoms with Crippen molar-refractivity contribution in [3.63, 3.8) is 0 Å². The summed E-state index contributed by atoms with van der Waals surface area (Å²) in [6.07, 6.45) is 20.0. The highest BCUT2D eigenvalue weighted by atomic mass is 15.2. The topological polar surface area (TPSA) is 62.0 Å². The Hall–Kier alpha value is -7.76. The number of para-hydroxylation sites is 1. The number of amidine groups is 2. The average molecular weight is 812 g/mol. The van der Waals surface area contributed by atoms with Crippen molar-refractivity contribution in [2.24, 2.45) is 15.0 Å². The Bertz CT molecular complexity index is 3320. The van der Waals surface area contributed by atoms with Crippen molar-refractivity contribution in [3.8, 4) is 33.5 Å². The molecule has 302 valence electrons. The number of nitrogens with one attached hydrogen (secondary N) is 1. The van der Waals surface area contributed by atoms with Gasteiger partial charge in [0, 0.05) is 39.2 Å². The summed E-state index contributed by atoms with van der Waals surface area (Å²) in [5.41, 5.74) is 16.8. The number of aliphatic imine (C=N–C) groups is 2. The molecule has 1 aromatic heterocycles. The van der Waals surface area contributed by atoms with Gasteiger partial charge in [-0.3, -0.25) is 4.98 Å². The van der Waals surface area contributed by atoms with Gasteiger partial charge in [0.1, 0.15) is 12.0 Å². The number of pyridine rings is 1. The van der Waals surface area contributed by atoms with Crippen molar-refractivity contribution in [1.29, 1.82) is 0 Å². The van der Waals surface area contributed by atoms with Crippen LogP contribution in [0.3, 0.4) is 0 Å². The molecule has 63 heavy (non-hydrogen) atoms. The number of rotatable bonds is 8. The average Bonchev–Trinajstić information content (AvgIpc) is 3.47. The first-order valence-electron chi connectivity index (χ1n) is 21.9. The van der Waals surface area contributed by atoms with Crippen molar-refractivity contribution in [2.45, 2.75) is 39.3 Å². The van der Waals surface area contributed by atoms with E-state index < -0.39 is 0 Å². The molecule has 2 aliphatic heterocycles. The molecule has 0 bridgehead atoms. The Kier molecular flexibility index (Phi) is 9.85. The monoisotopic (exact) mass is 811 g/mol. The second kappa shape index (κ2) is 16.3. The fourth-order valence-electron chi connectivity index (χ4n) is 9.25. The van der Waals surface area contributed by atoms with E-state index in [-0.39, 0.29) is 6.17 Å². The van der Waals surface area contributed by atoms with Crippen LogP contribution >= 0.6 is 0 Å². The molecule has 5 heteroatoms. The smallest absolute Gasteiger partial charge is 0.159 e. The van der Waals surface area contributed by atoms with Gasteiger partial charge in [-0.2, -0.15) is 0 Å². The van der Waals surface area contributed by atoms with Crippen molar-refractivity contribution in [1.82, 2.24) is 10.3 Å². The Balaban J connectivity index is 1.00. The Morgan fingerprint density at radius 3 is 2.13 bits per heavy atom. The van der Waals surface area contributed by atoms with E-state index >= 15 is 0 Å². The number of fused-ring (bicyclic) bond motifs is 1.